The van der Waals surface area contributed by atoms with Gasteiger partial charge in [-0.1, -0.05) is 0 Å². The van der Waals surface area contributed by atoms with Crippen molar-refractivity contribution in [1.29, 1.82) is 0 Å². The van der Waals surface area contributed by atoms with Gasteiger partial charge in [0.25, 0.3) is 6.10 Å². The number of piperidine rings is 1. The molecule has 8 nitrogen and oxygen atoms in total. The highest BCUT2D eigenvalue weighted by Gasteiger charge is 2.61. The predicted molar refractivity (Wildman–Crippen MR) is 106 cm³/mol. The largest absolute Gasteiger partial charge is 0.481 e. The van der Waals surface area contributed by atoms with Crippen LogP contribution >= 0.6 is 0 Å². The van der Waals surface area contributed by atoms with Crippen molar-refractivity contribution in [2.75, 3.05) is 26.7 Å². The number of hydrogen-bond acceptors (Lipinski definition) is 6. The van der Waals surface area contributed by atoms with Crippen LogP contribution in [0, 0.1) is 0 Å². The molecule has 3 fully saturated rings. The van der Waals surface area contributed by atoms with E-state index in [-0.39, 0.29) is 31.8 Å². The number of carbonyl (C=O) groups is 2. The van der Waals surface area contributed by atoms with E-state index in [1.54, 1.807) is 11.0 Å². The number of likely N-dealkylation sites (tertiary alicyclic amines) is 2. The lowest BCUT2D eigenvalue weighted by Gasteiger charge is -2.45. The Balaban J connectivity index is 1.44. The van der Waals surface area contributed by atoms with Crippen molar-refractivity contribution < 1.29 is 45.4 Å². The summed E-state index contributed by atoms with van der Waals surface area (Å²) in [5.41, 5.74) is -1.52. The van der Waals surface area contributed by atoms with Crippen molar-refractivity contribution in [3.8, 4) is 5.88 Å². The minimum absolute atomic E-state index is 0.131. The fourth-order valence-corrected chi connectivity index (χ4v) is 4.98. The number of alkyl halides is 6. The van der Waals surface area contributed by atoms with Gasteiger partial charge in [-0.3, -0.25) is 4.79 Å². The molecule has 1 aromatic rings. The molecule has 0 radical (unpaired) electrons. The highest BCUT2D eigenvalue weighted by atomic mass is 19.4. The third-order valence-electron chi connectivity index (χ3n) is 7.03. The number of methoxy groups -OCH3 is 1. The Morgan fingerprint density at radius 1 is 1.00 bits per heavy atom. The SMILES string of the molecule is COc1ccnc(C2(C(=O)N3CCCC34CCN(C(=O)OC(C(F)(F)F)C(F)(F)F)CC4)CC2)n1. The maximum Gasteiger partial charge on any atom is 0.434 e. The van der Waals surface area contributed by atoms with Gasteiger partial charge >= 0.3 is 18.4 Å². The summed E-state index contributed by atoms with van der Waals surface area (Å²) in [5, 5.41) is 0. The molecule has 2 aliphatic heterocycles. The number of rotatable bonds is 4. The highest BCUT2D eigenvalue weighted by molar-refractivity contribution is 5.91. The Bertz CT molecular complexity index is 959. The molecular formula is C21H24F6N4O4. The number of hydrogen-bond donors (Lipinski definition) is 0. The van der Waals surface area contributed by atoms with E-state index in [4.69, 9.17) is 4.74 Å². The molecule has 3 aliphatic rings. The first-order valence-electron chi connectivity index (χ1n) is 11.1. The normalized spacial score (nSPS) is 21.4. The first-order valence-corrected chi connectivity index (χ1v) is 11.1. The smallest absolute Gasteiger partial charge is 0.434 e. The molecule has 0 atom stereocenters. The fraction of sp³-hybridized carbons (Fsp3) is 0.714. The van der Waals surface area contributed by atoms with Gasteiger partial charge in [-0.25, -0.2) is 9.78 Å². The van der Waals surface area contributed by atoms with E-state index < -0.39 is 35.5 Å². The van der Waals surface area contributed by atoms with Crippen LogP contribution in [-0.2, 0) is 14.9 Å². The average Bonchev–Trinajstić information content (AvgIpc) is 3.52. The predicted octanol–water partition coefficient (Wildman–Crippen LogP) is 3.60. The molecule has 1 aliphatic carbocycles. The molecular weight excluding hydrogens is 486 g/mol. The number of carbonyl (C=O) groups excluding carboxylic acids is 2. The van der Waals surface area contributed by atoms with Crippen molar-refractivity contribution in [3.05, 3.63) is 18.1 Å². The highest BCUT2D eigenvalue weighted by Crippen LogP contribution is 2.51. The standard InChI is InChI=1S/C21H24F6N4O4/c1-34-13-3-9-28-15(29-13)19(5-6-19)16(32)31-10-2-4-18(31)7-11-30(12-8-18)17(33)35-14(20(22,23)24)21(25,26)27/h3,9,14H,2,4-8,10-12H2,1H3. The second kappa shape index (κ2) is 8.70. The molecule has 1 saturated carbocycles. The van der Waals surface area contributed by atoms with E-state index in [0.717, 1.165) is 4.90 Å². The zero-order valence-corrected chi connectivity index (χ0v) is 18.8. The Kier molecular flexibility index (Phi) is 6.29. The van der Waals surface area contributed by atoms with Crippen molar-refractivity contribution in [2.24, 2.45) is 0 Å². The molecule has 14 heteroatoms. The zero-order chi connectivity index (χ0) is 25.6. The summed E-state index contributed by atoms with van der Waals surface area (Å²) >= 11 is 0. The summed E-state index contributed by atoms with van der Waals surface area (Å²) < 4.78 is 85.5. The molecule has 2 saturated heterocycles. The molecule has 2 amide bonds. The Hall–Kier alpha value is -2.80. The van der Waals surface area contributed by atoms with Gasteiger partial charge in [0.2, 0.25) is 11.8 Å². The second-order valence-corrected chi connectivity index (χ2v) is 9.12. The number of ether oxygens (including phenoxy) is 2. The third-order valence-corrected chi connectivity index (χ3v) is 7.03. The maximum absolute atomic E-state index is 13.6. The average molecular weight is 510 g/mol. The van der Waals surface area contributed by atoms with Crippen LogP contribution in [-0.4, -0.2) is 82.5 Å². The molecule has 0 bridgehead atoms. The van der Waals surface area contributed by atoms with Crippen LogP contribution in [0.25, 0.3) is 0 Å². The van der Waals surface area contributed by atoms with Crippen molar-refractivity contribution in [2.45, 2.75) is 67.9 Å². The number of amides is 2. The maximum atomic E-state index is 13.6. The lowest BCUT2D eigenvalue weighted by Crippen LogP contribution is -2.57. The number of halogens is 6. The van der Waals surface area contributed by atoms with Gasteiger partial charge in [-0.15, -0.1) is 0 Å². The third kappa shape index (κ3) is 4.70. The lowest BCUT2D eigenvalue weighted by atomic mass is 9.84. The molecule has 35 heavy (non-hydrogen) atoms. The quantitative estimate of drug-likeness (QED) is 0.576. The van der Waals surface area contributed by atoms with Gasteiger partial charge < -0.3 is 19.3 Å². The molecule has 1 aromatic heterocycles. The van der Waals surface area contributed by atoms with Gasteiger partial charge in [0.05, 0.1) is 7.11 Å². The van der Waals surface area contributed by atoms with E-state index in [1.807, 2.05) is 0 Å². The minimum Gasteiger partial charge on any atom is -0.481 e. The summed E-state index contributed by atoms with van der Waals surface area (Å²) in [4.78, 5) is 36.9. The molecule has 3 heterocycles. The fourth-order valence-electron chi connectivity index (χ4n) is 4.98. The first kappa shape index (κ1) is 25.3. The lowest BCUT2D eigenvalue weighted by molar-refractivity contribution is -0.308. The van der Waals surface area contributed by atoms with Crippen LogP contribution in [0.1, 0.15) is 44.3 Å². The Morgan fingerprint density at radius 2 is 1.63 bits per heavy atom. The molecule has 0 unspecified atom stereocenters. The number of nitrogens with zero attached hydrogens (tertiary/aromatic N) is 4. The van der Waals surface area contributed by atoms with E-state index in [2.05, 4.69) is 14.7 Å². The Labute approximate surface area is 196 Å². The molecule has 0 aromatic carbocycles. The first-order chi connectivity index (χ1) is 16.3. The van der Waals surface area contributed by atoms with Crippen LogP contribution in [0.5, 0.6) is 5.88 Å². The van der Waals surface area contributed by atoms with Crippen molar-refractivity contribution in [3.63, 3.8) is 0 Å². The van der Waals surface area contributed by atoms with Crippen LogP contribution in [0.3, 0.4) is 0 Å². The van der Waals surface area contributed by atoms with E-state index in [9.17, 15) is 35.9 Å². The van der Waals surface area contributed by atoms with Crippen molar-refractivity contribution >= 4 is 12.0 Å². The van der Waals surface area contributed by atoms with Gasteiger partial charge in [0.1, 0.15) is 11.2 Å². The molecule has 194 valence electrons. The second-order valence-electron chi connectivity index (χ2n) is 9.12. The summed E-state index contributed by atoms with van der Waals surface area (Å²) in [6.45, 7) is 0.195. The van der Waals surface area contributed by atoms with E-state index in [0.29, 0.717) is 43.9 Å². The topological polar surface area (TPSA) is 84.9 Å². The van der Waals surface area contributed by atoms with Gasteiger partial charge in [-0.2, -0.15) is 31.3 Å². The van der Waals surface area contributed by atoms with Gasteiger partial charge in [0.15, 0.2) is 0 Å². The van der Waals surface area contributed by atoms with Crippen LogP contribution in [0.15, 0.2) is 12.3 Å². The van der Waals surface area contributed by atoms with Gasteiger partial charge in [0, 0.05) is 37.4 Å². The van der Waals surface area contributed by atoms with Crippen LogP contribution in [0.2, 0.25) is 0 Å². The molecule has 1 spiro atoms. The minimum atomic E-state index is -5.78. The van der Waals surface area contributed by atoms with Gasteiger partial charge in [-0.05, 0) is 38.5 Å². The Morgan fingerprint density at radius 3 is 2.17 bits per heavy atom. The van der Waals surface area contributed by atoms with E-state index in [1.165, 1.54) is 13.3 Å². The summed E-state index contributed by atoms with van der Waals surface area (Å²) in [6.07, 6.45) is -13.1. The zero-order valence-electron chi connectivity index (χ0n) is 18.8. The molecule has 0 N–H and O–H groups in total. The van der Waals surface area contributed by atoms with Crippen molar-refractivity contribution in [1.82, 2.24) is 19.8 Å². The summed E-state index contributed by atoms with van der Waals surface area (Å²) in [5.74, 6) is 0.525. The summed E-state index contributed by atoms with van der Waals surface area (Å²) in [6, 6.07) is 1.57. The van der Waals surface area contributed by atoms with E-state index >= 15 is 0 Å². The summed E-state index contributed by atoms with van der Waals surface area (Å²) in [7, 11) is 1.45. The van der Waals surface area contributed by atoms with Crippen LogP contribution < -0.4 is 4.74 Å². The molecule has 4 rings (SSSR count). The van der Waals surface area contributed by atoms with Crippen LogP contribution in [0.4, 0.5) is 31.1 Å². The monoisotopic (exact) mass is 510 g/mol. The number of aromatic nitrogens is 2.